The highest BCUT2D eigenvalue weighted by Crippen LogP contribution is 2.30. The van der Waals surface area contributed by atoms with Crippen molar-refractivity contribution < 1.29 is 9.59 Å². The molecular formula is C33H41N3O2. The summed E-state index contributed by atoms with van der Waals surface area (Å²) in [5.74, 6) is -0.0996. The van der Waals surface area contributed by atoms with Gasteiger partial charge in [0.25, 0.3) is 5.91 Å². The molecular weight excluding hydrogens is 470 g/mol. The topological polar surface area (TPSA) is 61.4 Å². The Morgan fingerprint density at radius 1 is 0.842 bits per heavy atom. The molecule has 1 aliphatic rings. The maximum absolute atomic E-state index is 13.4. The largest absolute Gasteiger partial charge is 0.366 e. The molecule has 5 nitrogen and oxygen atoms in total. The van der Waals surface area contributed by atoms with Crippen LogP contribution in [0.2, 0.25) is 0 Å². The first-order valence-corrected chi connectivity index (χ1v) is 14.2. The third kappa shape index (κ3) is 7.95. The maximum atomic E-state index is 13.4. The molecule has 3 aromatic rings. The number of hydrogen-bond acceptors (Lipinski definition) is 3. The Morgan fingerprint density at radius 2 is 1.58 bits per heavy atom. The summed E-state index contributed by atoms with van der Waals surface area (Å²) in [4.78, 5) is 28.3. The van der Waals surface area contributed by atoms with Crippen LogP contribution in [0.5, 0.6) is 0 Å². The molecule has 2 amide bonds. The lowest BCUT2D eigenvalue weighted by atomic mass is 9.98. The molecule has 0 unspecified atom stereocenters. The molecule has 1 aliphatic heterocycles. The van der Waals surface area contributed by atoms with E-state index in [1.54, 1.807) is 0 Å². The first-order chi connectivity index (χ1) is 18.6. The van der Waals surface area contributed by atoms with Crippen LogP contribution in [-0.2, 0) is 24.2 Å². The quantitative estimate of drug-likeness (QED) is 0.245. The standard InChI is InChI=1S/C33H41N3O2/c1-2-3-4-5-6-10-17-32(37)35-29-18-19-31(36-23-21-27-15-11-12-16-28(27)25-36)30(24-29)33(38)34-22-20-26-13-8-7-9-14-26/h7-9,11-16,18-19,24H,2-6,10,17,20-23,25H2,1H3,(H,34,38)(H,35,37). The van der Waals surface area contributed by atoms with Crippen LogP contribution < -0.4 is 15.5 Å². The van der Waals surface area contributed by atoms with Crippen molar-refractivity contribution in [2.45, 2.75) is 71.3 Å². The molecule has 0 atom stereocenters. The van der Waals surface area contributed by atoms with Gasteiger partial charge >= 0.3 is 0 Å². The molecule has 0 fully saturated rings. The Bertz CT molecular complexity index is 1190. The Kier molecular flexibility index (Phi) is 10.4. The normalized spacial score (nSPS) is 12.6. The summed E-state index contributed by atoms with van der Waals surface area (Å²) in [5, 5.41) is 6.14. The number of benzene rings is 3. The lowest BCUT2D eigenvalue weighted by Gasteiger charge is -2.32. The van der Waals surface area contributed by atoms with Crippen LogP contribution in [0.3, 0.4) is 0 Å². The molecule has 0 radical (unpaired) electrons. The number of carbonyl (C=O) groups excluding carboxylic acids is 2. The van der Waals surface area contributed by atoms with Gasteiger partial charge in [-0.05, 0) is 54.2 Å². The molecule has 0 saturated heterocycles. The summed E-state index contributed by atoms with van der Waals surface area (Å²) in [6, 6.07) is 24.4. The Morgan fingerprint density at radius 3 is 2.39 bits per heavy atom. The van der Waals surface area contributed by atoms with Gasteiger partial charge in [-0.2, -0.15) is 0 Å². The first-order valence-electron chi connectivity index (χ1n) is 14.2. The molecule has 0 aliphatic carbocycles. The summed E-state index contributed by atoms with van der Waals surface area (Å²) in [6.45, 7) is 4.38. The monoisotopic (exact) mass is 511 g/mol. The Balaban J connectivity index is 1.44. The molecule has 0 bridgehead atoms. The van der Waals surface area contributed by atoms with E-state index in [4.69, 9.17) is 0 Å². The van der Waals surface area contributed by atoms with Gasteiger partial charge in [0.2, 0.25) is 5.91 Å². The maximum Gasteiger partial charge on any atom is 0.253 e. The Hall–Kier alpha value is -3.60. The van der Waals surface area contributed by atoms with Crippen LogP contribution in [0, 0.1) is 0 Å². The summed E-state index contributed by atoms with van der Waals surface area (Å²) < 4.78 is 0. The van der Waals surface area contributed by atoms with E-state index >= 15 is 0 Å². The van der Waals surface area contributed by atoms with Gasteiger partial charge in [-0.3, -0.25) is 9.59 Å². The number of hydrogen-bond donors (Lipinski definition) is 2. The second kappa shape index (κ2) is 14.4. The number of carbonyl (C=O) groups is 2. The zero-order valence-electron chi connectivity index (χ0n) is 22.7. The number of unbranched alkanes of at least 4 members (excludes halogenated alkanes) is 5. The SMILES string of the molecule is CCCCCCCCC(=O)Nc1ccc(N2CCc3ccccc3C2)c(C(=O)NCCc2ccccc2)c1. The smallest absolute Gasteiger partial charge is 0.253 e. The fraction of sp³-hybridized carbons (Fsp3) is 0.394. The third-order valence-electron chi connectivity index (χ3n) is 7.30. The van der Waals surface area contributed by atoms with Crippen LogP contribution in [0.25, 0.3) is 0 Å². The predicted octanol–water partition coefficient (Wildman–Crippen LogP) is 6.91. The van der Waals surface area contributed by atoms with Crippen molar-refractivity contribution in [2.75, 3.05) is 23.3 Å². The molecule has 2 N–H and O–H groups in total. The van der Waals surface area contributed by atoms with E-state index in [-0.39, 0.29) is 11.8 Å². The number of amides is 2. The van der Waals surface area contributed by atoms with Crippen molar-refractivity contribution in [1.29, 1.82) is 0 Å². The summed E-state index contributed by atoms with van der Waals surface area (Å²) >= 11 is 0. The Labute approximate surface area is 227 Å². The zero-order valence-corrected chi connectivity index (χ0v) is 22.7. The van der Waals surface area contributed by atoms with Crippen molar-refractivity contribution in [3.8, 4) is 0 Å². The minimum atomic E-state index is -0.109. The summed E-state index contributed by atoms with van der Waals surface area (Å²) in [5.41, 5.74) is 6.05. The highest BCUT2D eigenvalue weighted by atomic mass is 16.2. The van der Waals surface area contributed by atoms with Crippen molar-refractivity contribution in [3.63, 3.8) is 0 Å². The molecule has 0 saturated carbocycles. The van der Waals surface area contributed by atoms with E-state index in [1.165, 1.54) is 42.4 Å². The van der Waals surface area contributed by atoms with E-state index in [2.05, 4.69) is 58.9 Å². The van der Waals surface area contributed by atoms with Crippen molar-refractivity contribution in [2.24, 2.45) is 0 Å². The van der Waals surface area contributed by atoms with Gasteiger partial charge in [0.05, 0.1) is 5.56 Å². The van der Waals surface area contributed by atoms with Gasteiger partial charge in [-0.15, -0.1) is 0 Å². The first kappa shape index (κ1) is 27.4. The lowest BCUT2D eigenvalue weighted by molar-refractivity contribution is -0.116. The van der Waals surface area contributed by atoms with Gasteiger partial charge in [0.1, 0.15) is 0 Å². The van der Waals surface area contributed by atoms with Crippen molar-refractivity contribution in [3.05, 3.63) is 95.1 Å². The fourth-order valence-corrected chi connectivity index (χ4v) is 5.12. The number of rotatable bonds is 13. The fourth-order valence-electron chi connectivity index (χ4n) is 5.12. The van der Waals surface area contributed by atoms with E-state index < -0.39 is 0 Å². The summed E-state index contributed by atoms with van der Waals surface area (Å²) in [7, 11) is 0. The second-order valence-corrected chi connectivity index (χ2v) is 10.2. The van der Waals surface area contributed by atoms with E-state index in [9.17, 15) is 9.59 Å². The van der Waals surface area contributed by atoms with Crippen LogP contribution >= 0.6 is 0 Å². The molecule has 0 aromatic heterocycles. The van der Waals surface area contributed by atoms with E-state index in [1.807, 2.05) is 36.4 Å². The van der Waals surface area contributed by atoms with Gasteiger partial charge in [0, 0.05) is 37.4 Å². The highest BCUT2D eigenvalue weighted by molar-refractivity contribution is 6.02. The highest BCUT2D eigenvalue weighted by Gasteiger charge is 2.22. The van der Waals surface area contributed by atoms with Crippen molar-refractivity contribution in [1.82, 2.24) is 5.32 Å². The van der Waals surface area contributed by atoms with Crippen LogP contribution in [0.4, 0.5) is 11.4 Å². The number of nitrogens with one attached hydrogen (secondary N) is 2. The average Bonchev–Trinajstić information content (AvgIpc) is 2.95. The lowest BCUT2D eigenvalue weighted by Crippen LogP contribution is -2.33. The molecule has 1 heterocycles. The number of nitrogens with zero attached hydrogens (tertiary/aromatic N) is 1. The van der Waals surface area contributed by atoms with Gasteiger partial charge < -0.3 is 15.5 Å². The van der Waals surface area contributed by atoms with Crippen LogP contribution in [0.15, 0.2) is 72.8 Å². The van der Waals surface area contributed by atoms with E-state index in [0.717, 1.165) is 44.5 Å². The third-order valence-corrected chi connectivity index (χ3v) is 7.30. The molecule has 4 rings (SSSR count). The molecule has 200 valence electrons. The molecule has 3 aromatic carbocycles. The summed E-state index contributed by atoms with van der Waals surface area (Å²) in [6.07, 6.45) is 9.11. The van der Waals surface area contributed by atoms with Gasteiger partial charge in [-0.25, -0.2) is 0 Å². The van der Waals surface area contributed by atoms with Crippen molar-refractivity contribution >= 4 is 23.2 Å². The predicted molar refractivity (Wildman–Crippen MR) is 157 cm³/mol. The average molecular weight is 512 g/mol. The van der Waals surface area contributed by atoms with Crippen LogP contribution in [-0.4, -0.2) is 24.9 Å². The number of fused-ring (bicyclic) bond motifs is 1. The van der Waals surface area contributed by atoms with Gasteiger partial charge in [0.15, 0.2) is 0 Å². The molecule has 38 heavy (non-hydrogen) atoms. The van der Waals surface area contributed by atoms with Crippen LogP contribution in [0.1, 0.15) is 78.9 Å². The zero-order chi connectivity index (χ0) is 26.6. The van der Waals surface area contributed by atoms with Gasteiger partial charge in [-0.1, -0.05) is 93.6 Å². The second-order valence-electron chi connectivity index (χ2n) is 10.2. The molecule has 5 heteroatoms. The number of anilines is 2. The minimum absolute atomic E-state index is 0.00979. The molecule has 0 spiro atoms. The van der Waals surface area contributed by atoms with E-state index in [0.29, 0.717) is 24.2 Å². The minimum Gasteiger partial charge on any atom is -0.366 e.